The van der Waals surface area contributed by atoms with Gasteiger partial charge < -0.3 is 5.53 Å². The van der Waals surface area contributed by atoms with Crippen LogP contribution in [0.2, 0.25) is 0 Å². The molecule has 0 bridgehead atoms. The molecule has 0 N–H and O–H groups in total. The van der Waals surface area contributed by atoms with Crippen LogP contribution < -0.4 is 0 Å². The standard InChI is InChI=1S/C32H44N2/c1-5-9-12-13-14-27-19-23-29(24-20-27)32(28-21-17-26(8-4)18-22-28)31(16-11-7-3)30(25-34-33)15-10-6-2/h17-24H,5-16H2,1-4H3. The Morgan fingerprint density at radius 1 is 0.676 bits per heavy atom. The van der Waals surface area contributed by atoms with Crippen molar-refractivity contribution in [3.63, 3.8) is 0 Å². The van der Waals surface area contributed by atoms with Crippen molar-refractivity contribution in [3.05, 3.63) is 87.5 Å². The van der Waals surface area contributed by atoms with Crippen LogP contribution in [0.5, 0.6) is 0 Å². The van der Waals surface area contributed by atoms with Gasteiger partial charge in [0.25, 0.3) is 0 Å². The summed E-state index contributed by atoms with van der Waals surface area (Å²) in [5.41, 5.74) is 18.2. The number of unbranched alkanes of at least 4 members (excludes halogenated alkanes) is 5. The smallest absolute Gasteiger partial charge is 0.303 e. The molecule has 0 unspecified atom stereocenters. The second-order valence-corrected chi connectivity index (χ2v) is 9.31. The van der Waals surface area contributed by atoms with Crippen LogP contribution in [0, 0.1) is 0 Å². The predicted octanol–water partition coefficient (Wildman–Crippen LogP) is 9.38. The molecule has 0 aromatic heterocycles. The minimum Gasteiger partial charge on any atom is -0.348 e. The lowest BCUT2D eigenvalue weighted by Crippen LogP contribution is -2.01. The zero-order valence-electron chi connectivity index (χ0n) is 22.0. The molecular formula is C32H44N2. The summed E-state index contributed by atoms with van der Waals surface area (Å²) in [6.45, 7) is 8.89. The zero-order valence-corrected chi connectivity index (χ0v) is 22.0. The third kappa shape index (κ3) is 8.60. The first-order chi connectivity index (χ1) is 16.7. The fraction of sp³-hybridized carbons (Fsp3) is 0.500. The van der Waals surface area contributed by atoms with E-state index in [1.807, 2.05) is 0 Å². The third-order valence-electron chi connectivity index (χ3n) is 6.62. The normalized spacial score (nSPS) is 11.5. The second kappa shape index (κ2) is 16.0. The Kier molecular flexibility index (Phi) is 13.0. The summed E-state index contributed by atoms with van der Waals surface area (Å²) in [6.07, 6.45) is 13.6. The molecule has 0 atom stereocenters. The van der Waals surface area contributed by atoms with Gasteiger partial charge in [-0.25, -0.2) is 0 Å². The first-order valence-corrected chi connectivity index (χ1v) is 13.6. The number of benzene rings is 2. The molecule has 0 spiro atoms. The van der Waals surface area contributed by atoms with E-state index in [1.54, 1.807) is 0 Å². The molecule has 0 radical (unpaired) electrons. The first kappa shape index (κ1) is 27.6. The molecular weight excluding hydrogens is 412 g/mol. The fourth-order valence-corrected chi connectivity index (χ4v) is 4.48. The van der Waals surface area contributed by atoms with Crippen molar-refractivity contribution in [2.24, 2.45) is 0 Å². The summed E-state index contributed by atoms with van der Waals surface area (Å²) >= 11 is 0. The van der Waals surface area contributed by atoms with Crippen LogP contribution in [0.3, 0.4) is 0 Å². The molecule has 0 aliphatic rings. The average molecular weight is 457 g/mol. The highest BCUT2D eigenvalue weighted by atomic mass is 14.8. The van der Waals surface area contributed by atoms with E-state index in [0.717, 1.165) is 56.9 Å². The van der Waals surface area contributed by atoms with Crippen LogP contribution in [0.1, 0.15) is 114 Å². The molecule has 0 aliphatic heterocycles. The minimum absolute atomic E-state index is 0.881. The number of hydrogen-bond acceptors (Lipinski definition) is 0. The summed E-state index contributed by atoms with van der Waals surface area (Å²) in [4.78, 5) is 3.36. The Bertz CT molecular complexity index is 967. The van der Waals surface area contributed by atoms with Crippen molar-refractivity contribution in [3.8, 4) is 0 Å². The Balaban J connectivity index is 2.60. The van der Waals surface area contributed by atoms with Gasteiger partial charge >= 0.3 is 5.87 Å². The SMILES string of the molecule is CCCCCCc1ccc(C(=C(CCCC)C(=C=[N+]=[N-])CCCC)c2ccc(CC)cc2)cc1. The molecule has 0 amide bonds. The van der Waals surface area contributed by atoms with Crippen molar-refractivity contribution < 1.29 is 4.79 Å². The van der Waals surface area contributed by atoms with E-state index in [9.17, 15) is 5.53 Å². The molecule has 0 saturated carbocycles. The Morgan fingerprint density at radius 3 is 1.76 bits per heavy atom. The molecule has 0 heterocycles. The molecule has 2 aromatic carbocycles. The molecule has 2 nitrogen and oxygen atoms in total. The maximum atomic E-state index is 9.43. The van der Waals surface area contributed by atoms with E-state index < -0.39 is 0 Å². The maximum Gasteiger partial charge on any atom is 0.303 e. The van der Waals surface area contributed by atoms with E-state index >= 15 is 0 Å². The molecule has 2 rings (SSSR count). The molecule has 2 aromatic rings. The predicted molar refractivity (Wildman–Crippen MR) is 147 cm³/mol. The van der Waals surface area contributed by atoms with Crippen LogP contribution in [-0.2, 0) is 12.8 Å². The van der Waals surface area contributed by atoms with Crippen molar-refractivity contribution in [2.45, 2.75) is 105 Å². The maximum absolute atomic E-state index is 9.43. The highest BCUT2D eigenvalue weighted by Crippen LogP contribution is 2.35. The fourth-order valence-electron chi connectivity index (χ4n) is 4.48. The van der Waals surface area contributed by atoms with Crippen LogP contribution in [0.15, 0.2) is 59.7 Å². The summed E-state index contributed by atoms with van der Waals surface area (Å²) in [5.74, 6) is 2.96. The van der Waals surface area contributed by atoms with E-state index in [2.05, 4.69) is 86.9 Å². The van der Waals surface area contributed by atoms with Gasteiger partial charge in [-0.2, -0.15) is 0 Å². The van der Waals surface area contributed by atoms with Gasteiger partial charge in [-0.05, 0) is 78.3 Å². The number of nitrogens with zero attached hydrogens (tertiary/aromatic N) is 2. The summed E-state index contributed by atoms with van der Waals surface area (Å²) in [6, 6.07) is 18.2. The third-order valence-corrected chi connectivity index (χ3v) is 6.62. The van der Waals surface area contributed by atoms with Gasteiger partial charge in [0.15, 0.2) is 0 Å². The van der Waals surface area contributed by atoms with E-state index in [1.165, 1.54) is 59.1 Å². The van der Waals surface area contributed by atoms with Crippen LogP contribution in [0.25, 0.3) is 11.1 Å². The molecule has 2 heteroatoms. The van der Waals surface area contributed by atoms with Gasteiger partial charge in [0.2, 0.25) is 0 Å². The van der Waals surface area contributed by atoms with Gasteiger partial charge in [-0.15, -0.1) is 4.79 Å². The van der Waals surface area contributed by atoms with E-state index in [-0.39, 0.29) is 0 Å². The topological polar surface area (TPSA) is 36.4 Å². The highest BCUT2D eigenvalue weighted by Gasteiger charge is 2.18. The lowest BCUT2D eigenvalue weighted by molar-refractivity contribution is 0.00739. The van der Waals surface area contributed by atoms with Gasteiger partial charge in [0.1, 0.15) is 0 Å². The molecule has 34 heavy (non-hydrogen) atoms. The molecule has 0 saturated heterocycles. The van der Waals surface area contributed by atoms with Crippen LogP contribution >= 0.6 is 0 Å². The zero-order chi connectivity index (χ0) is 24.6. The minimum atomic E-state index is 0.881. The molecule has 0 aliphatic carbocycles. The van der Waals surface area contributed by atoms with Gasteiger partial charge in [0, 0.05) is 0 Å². The van der Waals surface area contributed by atoms with Gasteiger partial charge in [0.05, 0.1) is 5.57 Å². The summed E-state index contributed by atoms with van der Waals surface area (Å²) in [7, 11) is 0. The number of hydrogen-bond donors (Lipinski definition) is 0. The largest absolute Gasteiger partial charge is 0.348 e. The Morgan fingerprint density at radius 2 is 1.24 bits per heavy atom. The van der Waals surface area contributed by atoms with Crippen molar-refractivity contribution in [2.75, 3.05) is 0 Å². The lowest BCUT2D eigenvalue weighted by Gasteiger charge is -2.18. The quantitative estimate of drug-likeness (QED) is 0.0841. The van der Waals surface area contributed by atoms with Crippen LogP contribution in [-0.4, -0.2) is 10.7 Å². The highest BCUT2D eigenvalue weighted by molar-refractivity contribution is 5.87. The van der Waals surface area contributed by atoms with Gasteiger partial charge in [-0.1, -0.05) is 108 Å². The summed E-state index contributed by atoms with van der Waals surface area (Å²) in [5, 5.41) is 0. The number of allylic oxidation sites excluding steroid dienone is 2. The first-order valence-electron chi connectivity index (χ1n) is 13.6. The average Bonchev–Trinajstić information content (AvgIpc) is 2.88. The van der Waals surface area contributed by atoms with Gasteiger partial charge in [-0.3, -0.25) is 0 Å². The molecule has 0 fully saturated rings. The molecule has 182 valence electrons. The monoisotopic (exact) mass is 456 g/mol. The summed E-state index contributed by atoms with van der Waals surface area (Å²) < 4.78 is 0. The van der Waals surface area contributed by atoms with Crippen molar-refractivity contribution >= 4 is 11.4 Å². The van der Waals surface area contributed by atoms with Crippen molar-refractivity contribution in [1.82, 2.24) is 0 Å². The Hall–Kier alpha value is -2.66. The van der Waals surface area contributed by atoms with E-state index in [0.29, 0.717) is 0 Å². The van der Waals surface area contributed by atoms with Crippen LogP contribution in [0.4, 0.5) is 0 Å². The lowest BCUT2D eigenvalue weighted by atomic mass is 9.85. The number of aryl methyl sites for hydroxylation is 2. The Labute approximate surface area is 208 Å². The van der Waals surface area contributed by atoms with E-state index in [4.69, 9.17) is 0 Å². The second-order valence-electron chi connectivity index (χ2n) is 9.31. The number of rotatable bonds is 15. The van der Waals surface area contributed by atoms with Crippen molar-refractivity contribution in [1.29, 1.82) is 0 Å².